The summed E-state index contributed by atoms with van der Waals surface area (Å²) in [6, 6.07) is 2.33. The van der Waals surface area contributed by atoms with E-state index in [4.69, 9.17) is 0 Å². The molecule has 0 saturated heterocycles. The second-order valence-corrected chi connectivity index (χ2v) is 6.24. The molecule has 1 rings (SSSR count). The fraction of sp³-hybridized carbons (Fsp3) is 0.364. The molecule has 1 atom stereocenters. The molecule has 0 fully saturated rings. The van der Waals surface area contributed by atoms with Crippen LogP contribution in [0.2, 0.25) is 0 Å². The van der Waals surface area contributed by atoms with Crippen LogP contribution >= 0.6 is 15.9 Å². The van der Waals surface area contributed by atoms with Crippen LogP contribution in [0.15, 0.2) is 27.6 Å². The molecule has 0 radical (unpaired) electrons. The van der Waals surface area contributed by atoms with Crippen LogP contribution in [0.25, 0.3) is 0 Å². The molecule has 1 aromatic rings. The monoisotopic (exact) mass is 353 g/mol. The minimum absolute atomic E-state index is 0.151. The molecule has 1 unspecified atom stereocenters. The lowest BCUT2D eigenvalue weighted by molar-refractivity contribution is -0.144. The minimum atomic E-state index is -3.97. The molecular weight excluding hydrogens is 341 g/mol. The van der Waals surface area contributed by atoms with Crippen LogP contribution in [0.1, 0.15) is 13.8 Å². The molecule has 1 N–H and O–H groups in total. The summed E-state index contributed by atoms with van der Waals surface area (Å²) in [6.07, 6.45) is 0. The summed E-state index contributed by atoms with van der Waals surface area (Å²) < 4.78 is 44.1. The van der Waals surface area contributed by atoms with Crippen LogP contribution in [0.4, 0.5) is 4.39 Å². The molecule has 0 spiro atoms. The van der Waals surface area contributed by atoms with Gasteiger partial charge < -0.3 is 4.74 Å². The predicted molar refractivity (Wildman–Crippen MR) is 70.5 cm³/mol. The second kappa shape index (κ2) is 6.44. The first-order chi connectivity index (χ1) is 8.77. The second-order valence-electron chi connectivity index (χ2n) is 3.67. The van der Waals surface area contributed by atoms with Gasteiger partial charge in [-0.1, -0.05) is 0 Å². The number of sulfonamides is 1. The van der Waals surface area contributed by atoms with E-state index in [2.05, 4.69) is 25.4 Å². The van der Waals surface area contributed by atoms with E-state index in [0.29, 0.717) is 0 Å². The molecule has 106 valence electrons. The molecule has 0 amide bonds. The Morgan fingerprint density at radius 1 is 1.53 bits per heavy atom. The molecule has 0 heterocycles. The summed E-state index contributed by atoms with van der Waals surface area (Å²) in [4.78, 5) is 11.1. The maximum Gasteiger partial charge on any atom is 0.323 e. The molecule has 0 saturated carbocycles. The quantitative estimate of drug-likeness (QED) is 0.819. The largest absolute Gasteiger partial charge is 0.465 e. The lowest BCUT2D eigenvalue weighted by atomic mass is 10.3. The van der Waals surface area contributed by atoms with Gasteiger partial charge in [0.2, 0.25) is 10.0 Å². The fourth-order valence-electron chi connectivity index (χ4n) is 1.26. The molecule has 8 heteroatoms. The summed E-state index contributed by atoms with van der Waals surface area (Å²) in [7, 11) is -3.97. The van der Waals surface area contributed by atoms with Gasteiger partial charge in [0, 0.05) is 0 Å². The first-order valence-electron chi connectivity index (χ1n) is 5.42. The highest BCUT2D eigenvalue weighted by Crippen LogP contribution is 2.19. The summed E-state index contributed by atoms with van der Waals surface area (Å²) in [5.41, 5.74) is 0. The van der Waals surface area contributed by atoms with Crippen molar-refractivity contribution in [2.45, 2.75) is 24.8 Å². The Morgan fingerprint density at radius 2 is 2.16 bits per heavy atom. The van der Waals surface area contributed by atoms with Crippen LogP contribution in [-0.2, 0) is 19.6 Å². The molecule has 0 aliphatic rings. The number of halogens is 2. The van der Waals surface area contributed by atoms with Crippen LogP contribution in [0.3, 0.4) is 0 Å². The van der Waals surface area contributed by atoms with E-state index < -0.39 is 27.9 Å². The SMILES string of the molecule is CCOC(=O)C(C)NS(=O)(=O)c1ccc(Br)c(F)c1. The van der Waals surface area contributed by atoms with Crippen molar-refractivity contribution >= 4 is 31.9 Å². The van der Waals surface area contributed by atoms with E-state index >= 15 is 0 Å². The van der Waals surface area contributed by atoms with E-state index in [0.717, 1.165) is 6.07 Å². The average molecular weight is 354 g/mol. The number of nitrogens with one attached hydrogen (secondary N) is 1. The molecular formula is C11H13BrFNO4S. The van der Waals surface area contributed by atoms with Crippen LogP contribution < -0.4 is 4.72 Å². The summed E-state index contributed by atoms with van der Waals surface area (Å²) in [6.45, 7) is 3.12. The standard InChI is InChI=1S/C11H13BrFNO4S/c1-3-18-11(15)7(2)14-19(16,17)8-4-5-9(12)10(13)6-8/h4-7,14H,3H2,1-2H3. The van der Waals surface area contributed by atoms with Gasteiger partial charge in [0.1, 0.15) is 11.9 Å². The number of esters is 1. The zero-order chi connectivity index (χ0) is 14.6. The zero-order valence-corrected chi connectivity index (χ0v) is 12.7. The smallest absolute Gasteiger partial charge is 0.323 e. The third kappa shape index (κ3) is 4.26. The van der Waals surface area contributed by atoms with E-state index in [-0.39, 0.29) is 16.0 Å². The summed E-state index contributed by atoms with van der Waals surface area (Å²) >= 11 is 2.93. The Kier molecular flexibility index (Phi) is 5.45. The normalized spacial score (nSPS) is 13.1. The van der Waals surface area contributed by atoms with Crippen molar-refractivity contribution in [3.63, 3.8) is 0 Å². The number of ether oxygens (including phenoxy) is 1. The molecule has 0 bridgehead atoms. The lowest BCUT2D eigenvalue weighted by Gasteiger charge is -2.13. The Hall–Kier alpha value is -0.990. The zero-order valence-electron chi connectivity index (χ0n) is 10.3. The lowest BCUT2D eigenvalue weighted by Crippen LogP contribution is -2.39. The number of carbonyl (C=O) groups is 1. The van der Waals surface area contributed by atoms with Gasteiger partial charge in [0.25, 0.3) is 0 Å². The van der Waals surface area contributed by atoms with Gasteiger partial charge in [0.05, 0.1) is 16.0 Å². The van der Waals surface area contributed by atoms with Crippen molar-refractivity contribution in [1.29, 1.82) is 0 Å². The molecule has 0 aliphatic carbocycles. The van der Waals surface area contributed by atoms with Gasteiger partial charge in [-0.15, -0.1) is 0 Å². The predicted octanol–water partition coefficient (Wildman–Crippen LogP) is 1.82. The molecule has 5 nitrogen and oxygen atoms in total. The summed E-state index contributed by atoms with van der Waals surface area (Å²) in [5, 5.41) is 0. The van der Waals surface area contributed by atoms with E-state index in [1.54, 1.807) is 6.92 Å². The van der Waals surface area contributed by atoms with E-state index in [9.17, 15) is 17.6 Å². The first-order valence-corrected chi connectivity index (χ1v) is 7.69. The fourth-order valence-corrected chi connectivity index (χ4v) is 2.71. The van der Waals surface area contributed by atoms with Gasteiger partial charge in [-0.3, -0.25) is 4.79 Å². The van der Waals surface area contributed by atoms with Crippen molar-refractivity contribution < 1.29 is 22.3 Å². The minimum Gasteiger partial charge on any atom is -0.465 e. The topological polar surface area (TPSA) is 72.5 Å². The highest BCUT2D eigenvalue weighted by atomic mass is 79.9. The van der Waals surface area contributed by atoms with Gasteiger partial charge in [-0.05, 0) is 48.0 Å². The van der Waals surface area contributed by atoms with Gasteiger partial charge in [-0.2, -0.15) is 4.72 Å². The highest BCUT2D eigenvalue weighted by Gasteiger charge is 2.23. The maximum atomic E-state index is 13.3. The Morgan fingerprint density at radius 3 is 2.68 bits per heavy atom. The molecule has 0 aromatic heterocycles. The number of hydrogen-bond donors (Lipinski definition) is 1. The van der Waals surface area contributed by atoms with Gasteiger partial charge in [-0.25, -0.2) is 12.8 Å². The third-order valence-corrected chi connectivity index (χ3v) is 4.35. The molecule has 0 aliphatic heterocycles. The maximum absolute atomic E-state index is 13.3. The van der Waals surface area contributed by atoms with Gasteiger partial charge in [0.15, 0.2) is 0 Å². The number of rotatable bonds is 5. The number of carbonyl (C=O) groups excluding carboxylic acids is 1. The van der Waals surface area contributed by atoms with E-state index in [1.165, 1.54) is 19.1 Å². The van der Waals surface area contributed by atoms with Crippen LogP contribution in [0, 0.1) is 5.82 Å². The van der Waals surface area contributed by atoms with E-state index in [1.807, 2.05) is 0 Å². The van der Waals surface area contributed by atoms with Crippen molar-refractivity contribution in [2.24, 2.45) is 0 Å². The van der Waals surface area contributed by atoms with Crippen molar-refractivity contribution in [1.82, 2.24) is 4.72 Å². The van der Waals surface area contributed by atoms with Crippen LogP contribution in [0.5, 0.6) is 0 Å². The van der Waals surface area contributed by atoms with Crippen molar-refractivity contribution in [3.8, 4) is 0 Å². The number of hydrogen-bond acceptors (Lipinski definition) is 4. The Bertz CT molecular complexity index is 576. The van der Waals surface area contributed by atoms with Gasteiger partial charge >= 0.3 is 5.97 Å². The van der Waals surface area contributed by atoms with Crippen molar-refractivity contribution in [3.05, 3.63) is 28.5 Å². The molecule has 1 aromatic carbocycles. The Balaban J connectivity index is 2.92. The average Bonchev–Trinajstić information content (AvgIpc) is 2.32. The first kappa shape index (κ1) is 16.1. The van der Waals surface area contributed by atoms with Crippen molar-refractivity contribution in [2.75, 3.05) is 6.61 Å². The Labute approximate surface area is 119 Å². The van der Waals surface area contributed by atoms with Crippen LogP contribution in [-0.4, -0.2) is 27.0 Å². The number of benzene rings is 1. The highest BCUT2D eigenvalue weighted by molar-refractivity contribution is 9.10. The third-order valence-electron chi connectivity index (χ3n) is 2.17. The summed E-state index contributed by atoms with van der Waals surface area (Å²) in [5.74, 6) is -1.39. The molecule has 19 heavy (non-hydrogen) atoms.